The zero-order chi connectivity index (χ0) is 19.6. The molecule has 1 fully saturated rings. The van der Waals surface area contributed by atoms with Crippen LogP contribution in [0.1, 0.15) is 35.1 Å². The van der Waals surface area contributed by atoms with E-state index in [1.54, 1.807) is 0 Å². The molecule has 1 N–H and O–H groups in total. The molecule has 3 rings (SSSR count). The van der Waals surface area contributed by atoms with Gasteiger partial charge in [-0.15, -0.1) is 0 Å². The van der Waals surface area contributed by atoms with Crippen molar-refractivity contribution >= 4 is 15.7 Å². The van der Waals surface area contributed by atoms with Crippen LogP contribution in [0.5, 0.6) is 0 Å². The van der Waals surface area contributed by atoms with Gasteiger partial charge in [0.2, 0.25) is 10.0 Å². The molecule has 1 aliphatic rings. The van der Waals surface area contributed by atoms with Gasteiger partial charge >= 0.3 is 0 Å². The van der Waals surface area contributed by atoms with Crippen molar-refractivity contribution < 1.29 is 8.42 Å². The molecular formula is C21H29N3O2S. The van der Waals surface area contributed by atoms with Gasteiger partial charge in [-0.05, 0) is 80.8 Å². The Morgan fingerprint density at radius 2 is 1.59 bits per heavy atom. The molecular weight excluding hydrogens is 358 g/mol. The number of anilines is 1. The number of hydrogen-bond acceptors (Lipinski definition) is 4. The van der Waals surface area contributed by atoms with Crippen molar-refractivity contribution in [2.45, 2.75) is 45.4 Å². The van der Waals surface area contributed by atoms with Crippen LogP contribution in [0.4, 0.5) is 5.69 Å². The summed E-state index contributed by atoms with van der Waals surface area (Å²) in [6, 6.07) is 6.10. The fourth-order valence-corrected chi connectivity index (χ4v) is 5.56. The SMILES string of the molecule is Cc1cc(C)c(C)c(S(=O)(=O)NCC2CCN(c3ccncc3)CC2)c1C. The third kappa shape index (κ3) is 4.33. The Morgan fingerprint density at radius 1 is 1.04 bits per heavy atom. The topological polar surface area (TPSA) is 62.3 Å². The second-order valence-electron chi connectivity index (χ2n) is 7.58. The van der Waals surface area contributed by atoms with Gasteiger partial charge in [0.1, 0.15) is 0 Å². The van der Waals surface area contributed by atoms with Gasteiger partial charge in [-0.3, -0.25) is 4.98 Å². The molecule has 0 unspecified atom stereocenters. The Kier molecular flexibility index (Phi) is 5.86. The molecule has 5 nitrogen and oxygen atoms in total. The largest absolute Gasteiger partial charge is 0.371 e. The number of pyridine rings is 1. The number of nitrogens with zero attached hydrogens (tertiary/aromatic N) is 2. The van der Waals surface area contributed by atoms with E-state index in [-0.39, 0.29) is 0 Å². The summed E-state index contributed by atoms with van der Waals surface area (Å²) < 4.78 is 28.8. The van der Waals surface area contributed by atoms with Gasteiger partial charge in [-0.25, -0.2) is 13.1 Å². The van der Waals surface area contributed by atoms with Gasteiger partial charge in [0.15, 0.2) is 0 Å². The van der Waals surface area contributed by atoms with Crippen LogP contribution in [0, 0.1) is 33.6 Å². The summed E-state index contributed by atoms with van der Waals surface area (Å²) in [4.78, 5) is 6.85. The molecule has 1 saturated heterocycles. The average Bonchev–Trinajstić information content (AvgIpc) is 2.66. The molecule has 0 spiro atoms. The fourth-order valence-electron chi connectivity index (χ4n) is 3.83. The minimum atomic E-state index is -3.50. The summed E-state index contributed by atoms with van der Waals surface area (Å²) in [6.45, 7) is 10.1. The van der Waals surface area contributed by atoms with E-state index in [2.05, 4.69) is 20.7 Å². The molecule has 0 atom stereocenters. The second-order valence-corrected chi connectivity index (χ2v) is 9.28. The number of rotatable bonds is 5. The highest BCUT2D eigenvalue weighted by molar-refractivity contribution is 7.89. The number of nitrogens with one attached hydrogen (secondary N) is 1. The van der Waals surface area contributed by atoms with E-state index in [0.29, 0.717) is 17.4 Å². The van der Waals surface area contributed by atoms with Crippen molar-refractivity contribution in [2.75, 3.05) is 24.5 Å². The first kappa shape index (κ1) is 19.8. The van der Waals surface area contributed by atoms with Gasteiger partial charge in [-0.2, -0.15) is 0 Å². The Hall–Kier alpha value is -1.92. The minimum Gasteiger partial charge on any atom is -0.371 e. The number of aryl methyl sites for hydroxylation is 2. The summed E-state index contributed by atoms with van der Waals surface area (Å²) >= 11 is 0. The maximum Gasteiger partial charge on any atom is 0.241 e. The Balaban J connectivity index is 1.64. The van der Waals surface area contributed by atoms with Crippen molar-refractivity contribution in [1.29, 1.82) is 0 Å². The molecule has 0 aliphatic carbocycles. The van der Waals surface area contributed by atoms with Crippen molar-refractivity contribution in [2.24, 2.45) is 5.92 Å². The van der Waals surface area contributed by atoms with Crippen LogP contribution < -0.4 is 9.62 Å². The first-order valence-electron chi connectivity index (χ1n) is 9.51. The molecule has 2 aromatic rings. The maximum absolute atomic E-state index is 13.0. The van der Waals surface area contributed by atoms with Crippen LogP contribution in [0.3, 0.4) is 0 Å². The van der Waals surface area contributed by atoms with E-state index in [1.807, 2.05) is 52.2 Å². The Labute approximate surface area is 162 Å². The highest BCUT2D eigenvalue weighted by Crippen LogP contribution is 2.27. The molecule has 1 aromatic heterocycles. The van der Waals surface area contributed by atoms with Crippen LogP contribution in [0.25, 0.3) is 0 Å². The van der Waals surface area contributed by atoms with Gasteiger partial charge in [0.25, 0.3) is 0 Å². The highest BCUT2D eigenvalue weighted by atomic mass is 32.2. The highest BCUT2D eigenvalue weighted by Gasteiger charge is 2.25. The summed E-state index contributed by atoms with van der Waals surface area (Å²) in [5.74, 6) is 0.365. The van der Waals surface area contributed by atoms with Crippen LogP contribution in [-0.2, 0) is 10.0 Å². The van der Waals surface area contributed by atoms with E-state index in [0.717, 1.165) is 48.2 Å². The van der Waals surface area contributed by atoms with Gasteiger partial charge in [0, 0.05) is 37.7 Å². The van der Waals surface area contributed by atoms with Crippen molar-refractivity contribution in [3.63, 3.8) is 0 Å². The molecule has 0 saturated carbocycles. The minimum absolute atomic E-state index is 0.365. The Morgan fingerprint density at radius 3 is 2.15 bits per heavy atom. The van der Waals surface area contributed by atoms with E-state index in [1.165, 1.54) is 5.69 Å². The van der Waals surface area contributed by atoms with Crippen LogP contribution in [0.2, 0.25) is 0 Å². The van der Waals surface area contributed by atoms with Crippen LogP contribution >= 0.6 is 0 Å². The molecule has 1 aromatic carbocycles. The van der Waals surface area contributed by atoms with E-state index in [4.69, 9.17) is 0 Å². The van der Waals surface area contributed by atoms with E-state index in [9.17, 15) is 8.42 Å². The van der Waals surface area contributed by atoms with E-state index >= 15 is 0 Å². The summed E-state index contributed by atoms with van der Waals surface area (Å²) in [7, 11) is -3.50. The molecule has 0 amide bonds. The molecule has 6 heteroatoms. The molecule has 2 heterocycles. The fraction of sp³-hybridized carbons (Fsp3) is 0.476. The lowest BCUT2D eigenvalue weighted by molar-refractivity contribution is 0.402. The third-order valence-corrected chi connectivity index (χ3v) is 7.47. The predicted molar refractivity (Wildman–Crippen MR) is 110 cm³/mol. The first-order chi connectivity index (χ1) is 12.8. The summed E-state index contributed by atoms with van der Waals surface area (Å²) in [5.41, 5.74) is 4.91. The zero-order valence-electron chi connectivity index (χ0n) is 16.6. The van der Waals surface area contributed by atoms with Crippen LogP contribution in [0.15, 0.2) is 35.5 Å². The average molecular weight is 388 g/mol. The maximum atomic E-state index is 13.0. The summed E-state index contributed by atoms with van der Waals surface area (Å²) in [6.07, 6.45) is 5.58. The zero-order valence-corrected chi connectivity index (χ0v) is 17.4. The lowest BCUT2D eigenvalue weighted by atomic mass is 9.97. The molecule has 27 heavy (non-hydrogen) atoms. The van der Waals surface area contributed by atoms with E-state index < -0.39 is 10.0 Å². The van der Waals surface area contributed by atoms with Crippen molar-refractivity contribution in [3.05, 3.63) is 52.8 Å². The first-order valence-corrected chi connectivity index (χ1v) is 11.0. The second kappa shape index (κ2) is 7.98. The van der Waals surface area contributed by atoms with Crippen molar-refractivity contribution in [3.8, 4) is 0 Å². The number of benzene rings is 1. The van der Waals surface area contributed by atoms with Gasteiger partial charge in [0.05, 0.1) is 4.90 Å². The quantitative estimate of drug-likeness (QED) is 0.853. The van der Waals surface area contributed by atoms with Gasteiger partial charge < -0.3 is 4.90 Å². The lowest BCUT2D eigenvalue weighted by Crippen LogP contribution is -2.39. The molecule has 0 radical (unpaired) electrons. The van der Waals surface area contributed by atoms with Crippen molar-refractivity contribution in [1.82, 2.24) is 9.71 Å². The Bertz CT molecular complexity index is 877. The normalized spacial score (nSPS) is 15.9. The number of piperidine rings is 1. The lowest BCUT2D eigenvalue weighted by Gasteiger charge is -2.33. The number of aromatic nitrogens is 1. The number of sulfonamides is 1. The molecule has 146 valence electrons. The summed E-state index contributed by atoms with van der Waals surface area (Å²) in [5, 5.41) is 0. The smallest absolute Gasteiger partial charge is 0.241 e. The molecule has 1 aliphatic heterocycles. The standard InChI is InChI=1S/C21H29N3O2S/c1-15-13-16(2)18(4)21(17(15)3)27(25,26)23-14-19-7-11-24(12-8-19)20-5-9-22-10-6-20/h5-6,9-10,13,19,23H,7-8,11-12,14H2,1-4H3. The number of hydrogen-bond donors (Lipinski definition) is 1. The third-order valence-electron chi connectivity index (χ3n) is 5.77. The predicted octanol–water partition coefficient (Wildman–Crippen LogP) is 3.51. The van der Waals surface area contributed by atoms with Crippen LogP contribution in [-0.4, -0.2) is 33.0 Å². The molecule has 0 bridgehead atoms. The van der Waals surface area contributed by atoms with Gasteiger partial charge in [-0.1, -0.05) is 6.07 Å². The monoisotopic (exact) mass is 387 g/mol.